The SMILES string of the molecule is CC(C)(C)c1cc(Nc2ccnc(N3CCC3c3cc(-c4cccnc4C#N)no3)n2)n[nH]1. The molecule has 1 aliphatic heterocycles. The highest BCUT2D eigenvalue weighted by atomic mass is 16.5. The smallest absolute Gasteiger partial charge is 0.227 e. The van der Waals surface area contributed by atoms with Crippen molar-refractivity contribution in [3.05, 3.63) is 59.9 Å². The van der Waals surface area contributed by atoms with E-state index in [9.17, 15) is 5.26 Å². The second-order valence-electron chi connectivity index (χ2n) is 8.91. The van der Waals surface area contributed by atoms with Gasteiger partial charge in [-0.25, -0.2) is 9.97 Å². The van der Waals surface area contributed by atoms with Crippen molar-refractivity contribution >= 4 is 17.6 Å². The van der Waals surface area contributed by atoms with E-state index in [1.165, 1.54) is 0 Å². The predicted octanol–water partition coefficient (Wildman–Crippen LogP) is 4.11. The van der Waals surface area contributed by atoms with Crippen LogP contribution >= 0.6 is 0 Å². The van der Waals surface area contributed by atoms with Crippen LogP contribution in [0.4, 0.5) is 17.6 Å². The fraction of sp³-hybridized carbons (Fsp3) is 0.304. The van der Waals surface area contributed by atoms with Crippen molar-refractivity contribution in [2.45, 2.75) is 38.6 Å². The molecule has 1 saturated heterocycles. The number of hydrogen-bond acceptors (Lipinski definition) is 9. The number of pyridine rings is 1. The van der Waals surface area contributed by atoms with E-state index in [1.54, 1.807) is 18.5 Å². The van der Waals surface area contributed by atoms with Gasteiger partial charge in [0.15, 0.2) is 11.6 Å². The van der Waals surface area contributed by atoms with Crippen molar-refractivity contribution in [3.8, 4) is 17.3 Å². The zero-order valence-corrected chi connectivity index (χ0v) is 18.6. The molecule has 5 heterocycles. The summed E-state index contributed by atoms with van der Waals surface area (Å²) >= 11 is 0. The topological polar surface area (TPSA) is 132 Å². The van der Waals surface area contributed by atoms with Gasteiger partial charge in [0.05, 0.1) is 6.04 Å². The molecular formula is C23H23N9O. The van der Waals surface area contributed by atoms with Crippen LogP contribution < -0.4 is 10.2 Å². The first-order valence-electron chi connectivity index (χ1n) is 10.7. The second-order valence-corrected chi connectivity index (χ2v) is 8.91. The van der Waals surface area contributed by atoms with Gasteiger partial charge in [0.25, 0.3) is 0 Å². The van der Waals surface area contributed by atoms with E-state index in [4.69, 9.17) is 4.52 Å². The number of nitrogens with zero attached hydrogens (tertiary/aromatic N) is 7. The molecule has 0 amide bonds. The van der Waals surface area contributed by atoms with Crippen LogP contribution in [-0.2, 0) is 5.41 Å². The van der Waals surface area contributed by atoms with Crippen LogP contribution in [0.1, 0.15) is 50.4 Å². The molecule has 0 saturated carbocycles. The number of anilines is 3. The highest BCUT2D eigenvalue weighted by molar-refractivity contribution is 5.65. The Balaban J connectivity index is 1.34. The highest BCUT2D eigenvalue weighted by Crippen LogP contribution is 2.38. The van der Waals surface area contributed by atoms with E-state index in [1.807, 2.05) is 24.3 Å². The molecule has 0 aromatic carbocycles. The third kappa shape index (κ3) is 4.01. The minimum Gasteiger partial charge on any atom is -0.359 e. The molecule has 166 valence electrons. The van der Waals surface area contributed by atoms with Gasteiger partial charge in [0.2, 0.25) is 5.95 Å². The number of H-pyrrole nitrogens is 1. The zero-order chi connectivity index (χ0) is 23.0. The van der Waals surface area contributed by atoms with Crippen LogP contribution in [0.25, 0.3) is 11.3 Å². The quantitative estimate of drug-likeness (QED) is 0.469. The second kappa shape index (κ2) is 8.02. The maximum absolute atomic E-state index is 9.31. The van der Waals surface area contributed by atoms with E-state index < -0.39 is 0 Å². The fourth-order valence-electron chi connectivity index (χ4n) is 3.65. The van der Waals surface area contributed by atoms with Gasteiger partial charge in [0, 0.05) is 47.7 Å². The lowest BCUT2D eigenvalue weighted by atomic mass is 9.92. The Labute approximate surface area is 190 Å². The summed E-state index contributed by atoms with van der Waals surface area (Å²) in [5.74, 6) is 2.66. The summed E-state index contributed by atoms with van der Waals surface area (Å²) in [6.07, 6.45) is 4.20. The molecule has 0 radical (unpaired) electrons. The first kappa shape index (κ1) is 20.6. The standard InChI is InChI=1S/C23H23N9O/c1-23(2,3)19-12-21(30-29-19)27-20-6-9-26-22(28-20)32-10-7-17(32)18-11-15(31-33-18)14-5-4-8-25-16(14)13-24/h4-6,8-9,11-12,17H,7,10H2,1-3H3,(H2,26,27,28,29,30). The molecule has 33 heavy (non-hydrogen) atoms. The van der Waals surface area contributed by atoms with Gasteiger partial charge in [-0.05, 0) is 24.6 Å². The predicted molar refractivity (Wildman–Crippen MR) is 122 cm³/mol. The summed E-state index contributed by atoms with van der Waals surface area (Å²) in [6.45, 7) is 7.18. The molecule has 10 nitrogen and oxygen atoms in total. The molecule has 10 heteroatoms. The lowest BCUT2D eigenvalue weighted by Crippen LogP contribution is -2.41. The number of hydrogen-bond donors (Lipinski definition) is 2. The summed E-state index contributed by atoms with van der Waals surface area (Å²) in [5.41, 5.74) is 2.58. The Hall–Kier alpha value is -4.26. The summed E-state index contributed by atoms with van der Waals surface area (Å²) < 4.78 is 5.62. The lowest BCUT2D eigenvalue weighted by molar-refractivity contribution is 0.315. The molecule has 2 N–H and O–H groups in total. The fourth-order valence-corrected chi connectivity index (χ4v) is 3.65. The van der Waals surface area contributed by atoms with E-state index in [2.05, 4.69) is 67.4 Å². The van der Waals surface area contributed by atoms with Crippen LogP contribution in [0, 0.1) is 11.3 Å². The number of nitrogens with one attached hydrogen (secondary N) is 2. The summed E-state index contributed by atoms with van der Waals surface area (Å²) in [6, 6.07) is 11.3. The van der Waals surface area contributed by atoms with Crippen molar-refractivity contribution in [2.75, 3.05) is 16.8 Å². The molecule has 4 aromatic rings. The van der Waals surface area contributed by atoms with Gasteiger partial charge in [-0.1, -0.05) is 25.9 Å². The van der Waals surface area contributed by atoms with Crippen molar-refractivity contribution in [3.63, 3.8) is 0 Å². The number of aromatic nitrogens is 6. The molecule has 0 bridgehead atoms. The van der Waals surface area contributed by atoms with Crippen molar-refractivity contribution in [1.82, 2.24) is 30.3 Å². The maximum atomic E-state index is 9.31. The van der Waals surface area contributed by atoms with Crippen LogP contribution in [0.15, 0.2) is 47.2 Å². The normalized spacial score (nSPS) is 15.7. The van der Waals surface area contributed by atoms with Crippen LogP contribution in [-0.4, -0.2) is 36.9 Å². The molecule has 0 spiro atoms. The molecule has 1 atom stereocenters. The average molecular weight is 441 g/mol. The van der Waals surface area contributed by atoms with Gasteiger partial charge in [-0.15, -0.1) is 0 Å². The van der Waals surface area contributed by atoms with Crippen LogP contribution in [0.5, 0.6) is 0 Å². The van der Waals surface area contributed by atoms with Gasteiger partial charge in [-0.2, -0.15) is 15.3 Å². The lowest BCUT2D eigenvalue weighted by Gasteiger charge is -2.39. The van der Waals surface area contributed by atoms with Crippen LogP contribution in [0.3, 0.4) is 0 Å². The molecule has 4 aromatic heterocycles. The Bertz CT molecular complexity index is 1330. The zero-order valence-electron chi connectivity index (χ0n) is 18.6. The van der Waals surface area contributed by atoms with E-state index in [0.29, 0.717) is 40.3 Å². The number of aromatic amines is 1. The van der Waals surface area contributed by atoms with Crippen molar-refractivity contribution in [2.24, 2.45) is 0 Å². The molecule has 1 fully saturated rings. The Kier molecular flexibility index (Phi) is 5.01. The van der Waals surface area contributed by atoms with Gasteiger partial charge < -0.3 is 14.7 Å². The van der Waals surface area contributed by atoms with Gasteiger partial charge >= 0.3 is 0 Å². The minimum atomic E-state index is -0.0263. The third-order valence-corrected chi connectivity index (χ3v) is 5.61. The highest BCUT2D eigenvalue weighted by Gasteiger charge is 2.35. The molecule has 1 unspecified atom stereocenters. The van der Waals surface area contributed by atoms with E-state index in [-0.39, 0.29) is 11.5 Å². The first-order valence-corrected chi connectivity index (χ1v) is 10.7. The van der Waals surface area contributed by atoms with Crippen molar-refractivity contribution in [1.29, 1.82) is 5.26 Å². The third-order valence-electron chi connectivity index (χ3n) is 5.61. The number of rotatable bonds is 5. The molecule has 1 aliphatic rings. The Morgan fingerprint density at radius 3 is 2.79 bits per heavy atom. The molecule has 0 aliphatic carbocycles. The Morgan fingerprint density at radius 1 is 1.18 bits per heavy atom. The van der Waals surface area contributed by atoms with Gasteiger partial charge in [0.1, 0.15) is 23.3 Å². The first-order chi connectivity index (χ1) is 15.9. The monoisotopic (exact) mass is 441 g/mol. The summed E-state index contributed by atoms with van der Waals surface area (Å²) in [7, 11) is 0. The largest absolute Gasteiger partial charge is 0.359 e. The van der Waals surface area contributed by atoms with E-state index >= 15 is 0 Å². The maximum Gasteiger partial charge on any atom is 0.227 e. The van der Waals surface area contributed by atoms with E-state index in [0.717, 1.165) is 18.7 Å². The molecular weight excluding hydrogens is 418 g/mol. The summed E-state index contributed by atoms with van der Waals surface area (Å²) in [5, 5.41) is 24.1. The van der Waals surface area contributed by atoms with Crippen molar-refractivity contribution < 1.29 is 4.52 Å². The molecule has 5 rings (SSSR count). The number of nitriles is 1. The Morgan fingerprint density at radius 2 is 2.06 bits per heavy atom. The van der Waals surface area contributed by atoms with Gasteiger partial charge in [-0.3, -0.25) is 5.10 Å². The van der Waals surface area contributed by atoms with Crippen LogP contribution in [0.2, 0.25) is 0 Å². The minimum absolute atomic E-state index is 0.0195. The average Bonchev–Trinajstić information content (AvgIpc) is 3.43. The summed E-state index contributed by atoms with van der Waals surface area (Å²) in [4.78, 5) is 15.3.